The van der Waals surface area contributed by atoms with Crippen LogP contribution in [-0.2, 0) is 0 Å². The van der Waals surface area contributed by atoms with Gasteiger partial charge in [-0.15, -0.1) is 0 Å². The van der Waals surface area contributed by atoms with Crippen molar-refractivity contribution < 1.29 is 8.83 Å². The second-order valence-corrected chi connectivity index (χ2v) is 14.3. The summed E-state index contributed by atoms with van der Waals surface area (Å²) < 4.78 is 12.5. The van der Waals surface area contributed by atoms with E-state index < -0.39 is 0 Å². The summed E-state index contributed by atoms with van der Waals surface area (Å²) in [6, 6.07) is 61.0. The van der Waals surface area contributed by atoms with Gasteiger partial charge in [-0.1, -0.05) is 140 Å². The fourth-order valence-corrected chi connectivity index (χ4v) is 8.49. The Morgan fingerprint density at radius 3 is 1.66 bits per heavy atom. The Kier molecular flexibility index (Phi) is 6.56. The molecule has 0 unspecified atom stereocenters. The molecule has 0 aliphatic heterocycles. The lowest BCUT2D eigenvalue weighted by atomic mass is 9.92. The molecule has 0 atom stereocenters. The van der Waals surface area contributed by atoms with Crippen LogP contribution in [0.5, 0.6) is 0 Å². The maximum atomic E-state index is 6.32. The summed E-state index contributed by atoms with van der Waals surface area (Å²) in [6.45, 7) is 0. The van der Waals surface area contributed by atoms with Gasteiger partial charge >= 0.3 is 0 Å². The summed E-state index contributed by atoms with van der Waals surface area (Å²) >= 11 is 0. The summed E-state index contributed by atoms with van der Waals surface area (Å²) in [6.07, 6.45) is 0. The Balaban J connectivity index is 1.08. The smallest absolute Gasteiger partial charge is 0.164 e. The Labute approximate surface area is 320 Å². The summed E-state index contributed by atoms with van der Waals surface area (Å²) in [5.74, 6) is 1.78. The van der Waals surface area contributed by atoms with Crippen LogP contribution in [0.1, 0.15) is 0 Å². The molecular weight excluding hydrogens is 687 g/mol. The lowest BCUT2D eigenvalue weighted by Crippen LogP contribution is -2.01. The van der Waals surface area contributed by atoms with Gasteiger partial charge in [0.25, 0.3) is 0 Å². The van der Waals surface area contributed by atoms with Crippen molar-refractivity contribution in [2.75, 3.05) is 0 Å². The molecule has 0 amide bonds. The highest BCUT2D eigenvalue weighted by Gasteiger charge is 2.19. The first-order valence-electron chi connectivity index (χ1n) is 18.8. The molecule has 0 bridgehead atoms. The van der Waals surface area contributed by atoms with Crippen LogP contribution < -0.4 is 0 Å². The lowest BCUT2D eigenvalue weighted by Gasteiger charge is -2.14. The Bertz CT molecular complexity index is 3530. The van der Waals surface area contributed by atoms with E-state index in [9.17, 15) is 0 Å². The SMILES string of the molecule is c1ccc2c(c1)ccc1c(-c3nc(-c4ccc(-c5cccc6oc7ccccc7c56)cc4)nc(-c4ccc5c(c4)oc4ccccc45)n3)cc3ccccc3c12. The van der Waals surface area contributed by atoms with Gasteiger partial charge in [0.1, 0.15) is 22.3 Å². The number of fused-ring (bicyclic) bond motifs is 11. The van der Waals surface area contributed by atoms with Gasteiger partial charge in [0, 0.05) is 38.2 Å². The molecule has 0 N–H and O–H groups in total. The zero-order valence-electron chi connectivity index (χ0n) is 29.9. The molecule has 3 heterocycles. The van der Waals surface area contributed by atoms with Gasteiger partial charge in [0.2, 0.25) is 0 Å². The van der Waals surface area contributed by atoms with Crippen molar-refractivity contribution in [1.29, 1.82) is 0 Å². The largest absolute Gasteiger partial charge is 0.456 e. The van der Waals surface area contributed by atoms with Crippen molar-refractivity contribution >= 4 is 76.2 Å². The third kappa shape index (κ3) is 4.71. The molecule has 260 valence electrons. The molecule has 0 saturated heterocycles. The molecule has 12 aromatic rings. The van der Waals surface area contributed by atoms with Crippen LogP contribution >= 0.6 is 0 Å². The van der Waals surface area contributed by atoms with Gasteiger partial charge in [0.05, 0.1) is 0 Å². The molecule has 5 nitrogen and oxygen atoms in total. The number of hydrogen-bond acceptors (Lipinski definition) is 5. The van der Waals surface area contributed by atoms with Gasteiger partial charge in [0.15, 0.2) is 17.5 Å². The molecule has 56 heavy (non-hydrogen) atoms. The number of aromatic nitrogens is 3. The van der Waals surface area contributed by atoms with E-state index in [2.05, 4.69) is 133 Å². The van der Waals surface area contributed by atoms with E-state index in [0.29, 0.717) is 17.5 Å². The molecule has 0 radical (unpaired) electrons. The summed E-state index contributed by atoms with van der Waals surface area (Å²) in [5, 5.41) is 11.3. The molecule has 0 fully saturated rings. The molecule has 0 aliphatic rings. The highest BCUT2D eigenvalue weighted by molar-refractivity contribution is 6.23. The van der Waals surface area contributed by atoms with E-state index in [4.69, 9.17) is 23.8 Å². The molecule has 5 heteroatoms. The highest BCUT2D eigenvalue weighted by Crippen LogP contribution is 2.40. The van der Waals surface area contributed by atoms with Gasteiger partial charge < -0.3 is 8.83 Å². The zero-order chi connectivity index (χ0) is 36.7. The van der Waals surface area contributed by atoms with Crippen LogP contribution in [0.15, 0.2) is 185 Å². The van der Waals surface area contributed by atoms with Crippen LogP contribution in [0.4, 0.5) is 0 Å². The summed E-state index contributed by atoms with van der Waals surface area (Å²) in [7, 11) is 0. The van der Waals surface area contributed by atoms with Crippen LogP contribution in [-0.4, -0.2) is 15.0 Å². The summed E-state index contributed by atoms with van der Waals surface area (Å²) in [4.78, 5) is 15.7. The molecule has 9 aromatic carbocycles. The average molecular weight is 716 g/mol. The van der Waals surface area contributed by atoms with E-state index in [0.717, 1.165) is 82.5 Å². The van der Waals surface area contributed by atoms with Gasteiger partial charge in [-0.25, -0.2) is 15.0 Å². The van der Waals surface area contributed by atoms with E-state index in [1.165, 1.54) is 21.5 Å². The van der Waals surface area contributed by atoms with E-state index in [1.807, 2.05) is 42.5 Å². The number of furan rings is 2. The van der Waals surface area contributed by atoms with E-state index >= 15 is 0 Å². The van der Waals surface area contributed by atoms with Crippen molar-refractivity contribution in [3.8, 4) is 45.3 Å². The minimum atomic E-state index is 0.577. The first-order chi connectivity index (χ1) is 27.7. The predicted molar refractivity (Wildman–Crippen MR) is 229 cm³/mol. The molecule has 0 spiro atoms. The minimum Gasteiger partial charge on any atom is -0.456 e. The maximum absolute atomic E-state index is 6.32. The zero-order valence-corrected chi connectivity index (χ0v) is 29.9. The molecule has 0 aliphatic carbocycles. The summed E-state index contributed by atoms with van der Waals surface area (Å²) in [5.41, 5.74) is 8.30. The number of para-hydroxylation sites is 2. The van der Waals surface area contributed by atoms with E-state index in [1.54, 1.807) is 0 Å². The van der Waals surface area contributed by atoms with Crippen molar-refractivity contribution in [2.24, 2.45) is 0 Å². The Hall–Kier alpha value is -7.63. The van der Waals surface area contributed by atoms with Crippen molar-refractivity contribution in [2.45, 2.75) is 0 Å². The first-order valence-corrected chi connectivity index (χ1v) is 18.8. The van der Waals surface area contributed by atoms with Crippen molar-refractivity contribution in [1.82, 2.24) is 15.0 Å². The first kappa shape index (κ1) is 30.8. The third-order valence-corrected chi connectivity index (χ3v) is 11.1. The predicted octanol–water partition coefficient (Wildman–Crippen LogP) is 13.8. The van der Waals surface area contributed by atoms with Gasteiger partial charge in [-0.3, -0.25) is 0 Å². The molecule has 12 rings (SSSR count). The van der Waals surface area contributed by atoms with Crippen LogP contribution in [0.25, 0.3) is 121 Å². The van der Waals surface area contributed by atoms with Crippen LogP contribution in [0.3, 0.4) is 0 Å². The fraction of sp³-hybridized carbons (Fsp3) is 0. The average Bonchev–Trinajstić information content (AvgIpc) is 3.84. The van der Waals surface area contributed by atoms with Crippen LogP contribution in [0, 0.1) is 0 Å². The number of nitrogens with zero attached hydrogens (tertiary/aromatic N) is 3. The number of rotatable bonds is 4. The number of benzene rings is 9. The molecular formula is C51H29N3O2. The molecule has 0 saturated carbocycles. The van der Waals surface area contributed by atoms with Crippen LogP contribution in [0.2, 0.25) is 0 Å². The number of hydrogen-bond donors (Lipinski definition) is 0. The second kappa shape index (κ2) is 11.9. The Morgan fingerprint density at radius 1 is 0.286 bits per heavy atom. The second-order valence-electron chi connectivity index (χ2n) is 14.3. The van der Waals surface area contributed by atoms with Crippen molar-refractivity contribution in [3.05, 3.63) is 176 Å². The highest BCUT2D eigenvalue weighted by atomic mass is 16.3. The standard InChI is InChI=1S/C51H29N3O2/c1-3-12-35-30(10-1)24-27-40-42(28-33-11-2-4-13-37(33)47(35)40)51-53-49(52-50(54-51)34-25-26-39-38-14-5-7-17-43(38)56-46(39)29-34)32-22-20-31(21-23-32)36-16-9-19-45-48(36)41-15-6-8-18-44(41)55-45/h1-29H. The van der Waals surface area contributed by atoms with Crippen molar-refractivity contribution in [3.63, 3.8) is 0 Å². The lowest BCUT2D eigenvalue weighted by molar-refractivity contribution is 0.668. The fourth-order valence-electron chi connectivity index (χ4n) is 8.49. The Morgan fingerprint density at radius 2 is 0.839 bits per heavy atom. The quantitative estimate of drug-likeness (QED) is 0.170. The van der Waals surface area contributed by atoms with E-state index in [-0.39, 0.29) is 0 Å². The monoisotopic (exact) mass is 715 g/mol. The molecule has 3 aromatic heterocycles. The topological polar surface area (TPSA) is 65.0 Å². The van der Waals surface area contributed by atoms with Gasteiger partial charge in [-0.05, 0) is 79.8 Å². The normalized spacial score (nSPS) is 11.9. The maximum Gasteiger partial charge on any atom is 0.164 e. The third-order valence-electron chi connectivity index (χ3n) is 11.1. The van der Waals surface area contributed by atoms with Gasteiger partial charge in [-0.2, -0.15) is 0 Å². The minimum absolute atomic E-state index is 0.577.